The first kappa shape index (κ1) is 37.4. The van der Waals surface area contributed by atoms with Gasteiger partial charge >= 0.3 is 31.1 Å². The first-order valence-corrected chi connectivity index (χ1v) is 16.3. The van der Waals surface area contributed by atoms with E-state index in [9.17, 15) is 52.8 Å². The molecule has 0 saturated heterocycles. The average molecular weight is 687 g/mol. The molecule has 0 atom stereocenters. The summed E-state index contributed by atoms with van der Waals surface area (Å²) < 4.78 is 129. The molecule has 2 aromatic heterocycles. The van der Waals surface area contributed by atoms with Crippen LogP contribution in [-0.4, -0.2) is 65.6 Å². The normalized spacial score (nSPS) is 13.0. The van der Waals surface area contributed by atoms with Crippen molar-refractivity contribution in [2.24, 2.45) is 0 Å². The molecule has 0 fully saturated rings. The number of pyridine rings is 2. The summed E-state index contributed by atoms with van der Waals surface area (Å²) in [5.41, 5.74) is -11.4. The molecule has 0 saturated carbocycles. The highest BCUT2D eigenvalue weighted by Crippen LogP contribution is 2.25. The van der Waals surface area contributed by atoms with E-state index in [0.717, 1.165) is 36.4 Å². The maximum absolute atomic E-state index is 13.3. The van der Waals surface area contributed by atoms with Crippen molar-refractivity contribution in [3.8, 4) is 0 Å². The largest absolute Gasteiger partial charge is 0.537 e. The number of allylic oxidation sites excluding steroid dienone is 2. The summed E-state index contributed by atoms with van der Waals surface area (Å²) in [7, 11) is -11.7. The number of aromatic nitrogens is 2. The van der Waals surface area contributed by atoms with Crippen molar-refractivity contribution in [1.29, 1.82) is 0 Å². The molecular formula is C27H32F6N4O6S2+2. The Bertz CT molecular complexity index is 1560. The standard InChI is InChI=1S/C27H32F6N4O6S2/c1-5-34(6-2)24-15-11-20(18-36(24)44(40,41)26(28,29)30)9-13-22(38)17-23(39)14-10-21-12-16-25(35(7-3)8-4)37(19-21)45(42,43)27(31,32)33/h9-16,18-19H,5-8,17H2,1-4H3/q+2/b13-9+,14-10+. The third-order valence-corrected chi connectivity index (χ3v) is 9.17. The second-order valence-electron chi connectivity index (χ2n) is 9.26. The monoisotopic (exact) mass is 686 g/mol. The van der Waals surface area contributed by atoms with E-state index in [1.807, 2.05) is 0 Å². The van der Waals surface area contributed by atoms with Crippen LogP contribution in [0, 0.1) is 0 Å². The van der Waals surface area contributed by atoms with Gasteiger partial charge in [0, 0.05) is 23.3 Å². The second kappa shape index (κ2) is 14.5. The smallest absolute Gasteiger partial charge is 0.294 e. The van der Waals surface area contributed by atoms with Crippen molar-refractivity contribution < 1.29 is 60.7 Å². The summed E-state index contributed by atoms with van der Waals surface area (Å²) >= 11 is 0. The summed E-state index contributed by atoms with van der Waals surface area (Å²) in [6.07, 6.45) is 4.36. The summed E-state index contributed by atoms with van der Waals surface area (Å²) in [6, 6.07) is 4.86. The molecule has 248 valence electrons. The van der Waals surface area contributed by atoms with E-state index < -0.39 is 49.1 Å². The van der Waals surface area contributed by atoms with E-state index >= 15 is 0 Å². The fourth-order valence-corrected chi connectivity index (χ4v) is 5.85. The Morgan fingerprint density at radius 1 is 0.644 bits per heavy atom. The van der Waals surface area contributed by atoms with Crippen LogP contribution in [0.4, 0.5) is 38.0 Å². The van der Waals surface area contributed by atoms with Gasteiger partial charge in [-0.15, -0.1) is 7.94 Å². The van der Waals surface area contributed by atoms with Gasteiger partial charge in [0.05, 0.1) is 32.6 Å². The van der Waals surface area contributed by atoms with Gasteiger partial charge in [0.2, 0.25) is 0 Å². The number of rotatable bonds is 14. The summed E-state index contributed by atoms with van der Waals surface area (Å²) in [5.74, 6) is -2.16. The highest BCUT2D eigenvalue weighted by Gasteiger charge is 2.53. The van der Waals surface area contributed by atoms with Crippen LogP contribution in [0.15, 0.2) is 48.8 Å². The zero-order valence-corrected chi connectivity index (χ0v) is 26.3. The van der Waals surface area contributed by atoms with Crippen LogP contribution in [-0.2, 0) is 29.6 Å². The fourth-order valence-electron chi connectivity index (χ4n) is 4.04. The number of hydrogen-bond acceptors (Lipinski definition) is 8. The molecule has 2 aromatic rings. The van der Waals surface area contributed by atoms with Gasteiger partial charge in [0.1, 0.15) is 12.4 Å². The average Bonchev–Trinajstić information content (AvgIpc) is 2.95. The quantitative estimate of drug-likeness (QED) is 0.128. The number of ketones is 2. The molecule has 0 aliphatic rings. The summed E-state index contributed by atoms with van der Waals surface area (Å²) in [5, 5.41) is 0. The Morgan fingerprint density at radius 2 is 0.956 bits per heavy atom. The van der Waals surface area contributed by atoms with Crippen LogP contribution in [0.5, 0.6) is 0 Å². The van der Waals surface area contributed by atoms with E-state index in [4.69, 9.17) is 0 Å². The Labute approximate surface area is 257 Å². The molecule has 2 heterocycles. The number of anilines is 2. The molecule has 45 heavy (non-hydrogen) atoms. The first-order valence-electron chi connectivity index (χ1n) is 13.4. The van der Waals surface area contributed by atoms with Gasteiger partial charge in [-0.05, 0) is 64.1 Å². The first-order chi connectivity index (χ1) is 20.7. The van der Waals surface area contributed by atoms with Crippen molar-refractivity contribution in [2.45, 2.75) is 45.1 Å². The Kier molecular flexibility index (Phi) is 12.1. The van der Waals surface area contributed by atoms with E-state index in [-0.39, 0.29) is 56.9 Å². The van der Waals surface area contributed by atoms with Gasteiger partial charge in [0.25, 0.3) is 11.6 Å². The maximum atomic E-state index is 13.3. The third kappa shape index (κ3) is 8.68. The molecule has 0 unspecified atom stereocenters. The second-order valence-corrected chi connectivity index (χ2v) is 12.9. The number of hydrogen-bond donors (Lipinski definition) is 0. The molecule has 0 aromatic carbocycles. The Balaban J connectivity index is 2.33. The summed E-state index contributed by atoms with van der Waals surface area (Å²) in [6.45, 7) is 7.28. The van der Waals surface area contributed by atoms with Crippen LogP contribution < -0.4 is 17.7 Å². The van der Waals surface area contributed by atoms with Crippen molar-refractivity contribution in [3.05, 3.63) is 59.9 Å². The molecule has 18 heteroatoms. The van der Waals surface area contributed by atoms with Crippen LogP contribution in [0.2, 0.25) is 0 Å². The highest BCUT2D eigenvalue weighted by atomic mass is 32.2. The van der Waals surface area contributed by atoms with Crippen LogP contribution in [0.25, 0.3) is 12.2 Å². The van der Waals surface area contributed by atoms with Gasteiger partial charge in [0.15, 0.2) is 11.6 Å². The molecule has 0 aliphatic heterocycles. The molecule has 0 spiro atoms. The molecule has 2 rings (SSSR count). The molecule has 0 aliphatic carbocycles. The van der Waals surface area contributed by atoms with Crippen molar-refractivity contribution in [1.82, 2.24) is 0 Å². The molecule has 0 radical (unpaired) electrons. The molecule has 0 N–H and O–H groups in total. The lowest BCUT2D eigenvalue weighted by molar-refractivity contribution is -0.505. The lowest BCUT2D eigenvalue weighted by atomic mass is 10.1. The number of carbonyl (C=O) groups excluding carboxylic acids is 2. The zero-order valence-electron chi connectivity index (χ0n) is 24.6. The zero-order chi connectivity index (χ0) is 34.4. The van der Waals surface area contributed by atoms with Crippen molar-refractivity contribution in [2.75, 3.05) is 36.0 Å². The minimum absolute atomic E-state index is 0.0643. The van der Waals surface area contributed by atoms with Gasteiger partial charge in [-0.25, -0.2) is 0 Å². The fraction of sp³-hybridized carbons (Fsp3) is 0.407. The third-order valence-electron chi connectivity index (χ3n) is 6.38. The van der Waals surface area contributed by atoms with Gasteiger partial charge in [-0.2, -0.15) is 43.2 Å². The van der Waals surface area contributed by atoms with Crippen LogP contribution in [0.3, 0.4) is 0 Å². The molecular weight excluding hydrogens is 654 g/mol. The topological polar surface area (TPSA) is 117 Å². The number of alkyl halides is 6. The number of nitrogens with zero attached hydrogens (tertiary/aromatic N) is 4. The minimum atomic E-state index is -5.83. The number of halogens is 6. The molecule has 10 nitrogen and oxygen atoms in total. The highest BCUT2D eigenvalue weighted by molar-refractivity contribution is 7.86. The predicted molar refractivity (Wildman–Crippen MR) is 154 cm³/mol. The van der Waals surface area contributed by atoms with E-state index in [0.29, 0.717) is 12.4 Å². The van der Waals surface area contributed by atoms with Crippen molar-refractivity contribution >= 4 is 55.4 Å². The van der Waals surface area contributed by atoms with Crippen LogP contribution in [0.1, 0.15) is 45.2 Å². The molecule has 0 amide bonds. The van der Waals surface area contributed by atoms with Crippen LogP contribution >= 0.6 is 0 Å². The Hall–Kier alpha value is -3.80. The van der Waals surface area contributed by atoms with E-state index in [1.165, 1.54) is 21.9 Å². The van der Waals surface area contributed by atoms with E-state index in [2.05, 4.69) is 0 Å². The van der Waals surface area contributed by atoms with Gasteiger partial charge in [-0.1, -0.05) is 0 Å². The lowest BCUT2D eigenvalue weighted by Gasteiger charge is -2.17. The number of carbonyl (C=O) groups is 2. The SMILES string of the molecule is CCN(CC)c1ccc(/C=C/C(=O)CC(=O)/C=C/c2ccc(N(CC)CC)[n+](S(=O)(=O)C(F)(F)F)c2)c[n+]1S(=O)(=O)C(F)(F)F. The Morgan fingerprint density at radius 3 is 1.22 bits per heavy atom. The van der Waals surface area contributed by atoms with Crippen molar-refractivity contribution in [3.63, 3.8) is 0 Å². The molecule has 0 bridgehead atoms. The van der Waals surface area contributed by atoms with Gasteiger partial charge < -0.3 is 0 Å². The van der Waals surface area contributed by atoms with Gasteiger partial charge in [-0.3, -0.25) is 19.4 Å². The maximum Gasteiger partial charge on any atom is 0.537 e. The minimum Gasteiger partial charge on any atom is -0.294 e. The summed E-state index contributed by atoms with van der Waals surface area (Å²) in [4.78, 5) is 27.5. The lowest BCUT2D eigenvalue weighted by Crippen LogP contribution is -2.54. The predicted octanol–water partition coefficient (Wildman–Crippen LogP) is 3.60. The van der Waals surface area contributed by atoms with E-state index in [1.54, 1.807) is 27.7 Å².